The van der Waals surface area contributed by atoms with E-state index in [0.717, 1.165) is 25.9 Å². The van der Waals surface area contributed by atoms with Crippen LogP contribution in [0.5, 0.6) is 0 Å². The molecule has 1 fully saturated rings. The van der Waals surface area contributed by atoms with Crippen LogP contribution in [0.3, 0.4) is 0 Å². The maximum Gasteiger partial charge on any atom is 0.242 e. The van der Waals surface area contributed by atoms with Crippen molar-refractivity contribution in [3.05, 3.63) is 24.5 Å². The molecule has 2 rings (SSSR count). The van der Waals surface area contributed by atoms with Crippen LogP contribution in [-0.2, 0) is 10.0 Å². The van der Waals surface area contributed by atoms with Gasteiger partial charge in [-0.05, 0) is 50.9 Å². The van der Waals surface area contributed by atoms with Crippen molar-refractivity contribution in [1.29, 1.82) is 0 Å². The second-order valence-electron chi connectivity index (χ2n) is 4.71. The Labute approximate surface area is 108 Å². The van der Waals surface area contributed by atoms with Gasteiger partial charge in [0.25, 0.3) is 0 Å². The van der Waals surface area contributed by atoms with E-state index in [1.54, 1.807) is 18.3 Å². The van der Waals surface area contributed by atoms with Gasteiger partial charge >= 0.3 is 0 Å². The Kier molecular flexibility index (Phi) is 4.31. The third-order valence-electron chi connectivity index (χ3n) is 3.33. The molecule has 0 aliphatic carbocycles. The number of hydrogen-bond acceptors (Lipinski definition) is 4. The van der Waals surface area contributed by atoms with Crippen molar-refractivity contribution < 1.29 is 8.42 Å². The van der Waals surface area contributed by atoms with Gasteiger partial charge in [-0.3, -0.25) is 4.98 Å². The molecule has 0 amide bonds. The largest absolute Gasteiger partial charge is 0.316 e. The van der Waals surface area contributed by atoms with Gasteiger partial charge in [0.1, 0.15) is 4.90 Å². The number of aromatic nitrogens is 1. The van der Waals surface area contributed by atoms with Crippen molar-refractivity contribution in [3.8, 4) is 0 Å². The minimum Gasteiger partial charge on any atom is -0.316 e. The van der Waals surface area contributed by atoms with E-state index in [2.05, 4.69) is 15.0 Å². The summed E-state index contributed by atoms with van der Waals surface area (Å²) in [6, 6.07) is 3.12. The molecule has 2 unspecified atom stereocenters. The van der Waals surface area contributed by atoms with Gasteiger partial charge in [-0.1, -0.05) is 0 Å². The molecule has 0 saturated carbocycles. The van der Waals surface area contributed by atoms with Crippen LogP contribution in [0.1, 0.15) is 19.8 Å². The smallest absolute Gasteiger partial charge is 0.242 e. The first-order chi connectivity index (χ1) is 8.59. The highest BCUT2D eigenvalue weighted by Crippen LogP contribution is 2.16. The van der Waals surface area contributed by atoms with Crippen LogP contribution in [0.4, 0.5) is 0 Å². The summed E-state index contributed by atoms with van der Waals surface area (Å²) in [6.45, 7) is 3.82. The summed E-state index contributed by atoms with van der Waals surface area (Å²) in [7, 11) is -3.45. The Morgan fingerprint density at radius 2 is 2.39 bits per heavy atom. The van der Waals surface area contributed by atoms with E-state index in [1.165, 1.54) is 6.20 Å². The number of hydrogen-bond donors (Lipinski definition) is 2. The molecule has 0 spiro atoms. The molecule has 1 aromatic rings. The number of sulfonamides is 1. The highest BCUT2D eigenvalue weighted by molar-refractivity contribution is 7.89. The van der Waals surface area contributed by atoms with Gasteiger partial charge < -0.3 is 5.32 Å². The van der Waals surface area contributed by atoms with Crippen LogP contribution >= 0.6 is 0 Å². The molecular formula is C12H19N3O2S. The van der Waals surface area contributed by atoms with Crippen molar-refractivity contribution in [2.45, 2.75) is 30.7 Å². The number of pyridine rings is 1. The first kappa shape index (κ1) is 13.5. The van der Waals surface area contributed by atoms with Gasteiger partial charge in [0.15, 0.2) is 0 Å². The molecular weight excluding hydrogens is 250 g/mol. The number of nitrogens with one attached hydrogen (secondary N) is 2. The van der Waals surface area contributed by atoms with Gasteiger partial charge in [-0.25, -0.2) is 13.1 Å². The molecule has 0 radical (unpaired) electrons. The fourth-order valence-corrected chi connectivity index (χ4v) is 3.50. The van der Waals surface area contributed by atoms with Crippen molar-refractivity contribution in [3.63, 3.8) is 0 Å². The quantitative estimate of drug-likeness (QED) is 0.846. The molecule has 1 saturated heterocycles. The second kappa shape index (κ2) is 5.77. The predicted octanol–water partition coefficient (Wildman–Crippen LogP) is 0.748. The summed E-state index contributed by atoms with van der Waals surface area (Å²) in [6.07, 6.45) is 5.09. The summed E-state index contributed by atoms with van der Waals surface area (Å²) in [5.41, 5.74) is 0. The summed E-state index contributed by atoms with van der Waals surface area (Å²) < 4.78 is 27.0. The minimum atomic E-state index is -3.45. The lowest BCUT2D eigenvalue weighted by molar-refractivity contribution is 0.320. The minimum absolute atomic E-state index is 0.0667. The molecule has 2 atom stereocenters. The zero-order valence-electron chi connectivity index (χ0n) is 10.5. The van der Waals surface area contributed by atoms with Crippen LogP contribution < -0.4 is 10.0 Å². The van der Waals surface area contributed by atoms with Crippen LogP contribution in [0, 0.1) is 5.92 Å². The van der Waals surface area contributed by atoms with Crippen LogP contribution in [-0.4, -0.2) is 32.5 Å². The number of piperidine rings is 1. The maximum absolute atomic E-state index is 12.1. The Morgan fingerprint density at radius 3 is 3.00 bits per heavy atom. The van der Waals surface area contributed by atoms with Crippen molar-refractivity contribution in [2.75, 3.05) is 13.1 Å². The average molecular weight is 269 g/mol. The standard InChI is InChI=1S/C12H19N3O2S/c1-10(11-4-2-6-13-8-11)15-18(16,17)12-5-3-7-14-9-12/h3,5,7,9-11,13,15H,2,4,6,8H2,1H3. The molecule has 6 heteroatoms. The topological polar surface area (TPSA) is 71.1 Å². The summed E-state index contributed by atoms with van der Waals surface area (Å²) >= 11 is 0. The van der Waals surface area contributed by atoms with Gasteiger partial charge in [0, 0.05) is 18.4 Å². The zero-order valence-corrected chi connectivity index (χ0v) is 11.3. The Balaban J connectivity index is 2.04. The van der Waals surface area contributed by atoms with Crippen molar-refractivity contribution in [1.82, 2.24) is 15.0 Å². The van der Waals surface area contributed by atoms with E-state index in [4.69, 9.17) is 0 Å². The second-order valence-corrected chi connectivity index (χ2v) is 6.42. The normalized spacial score (nSPS) is 22.6. The first-order valence-corrected chi connectivity index (χ1v) is 7.71. The van der Waals surface area contributed by atoms with Crippen LogP contribution in [0.25, 0.3) is 0 Å². The monoisotopic (exact) mass is 269 g/mol. The molecule has 100 valence electrons. The van der Waals surface area contributed by atoms with Crippen molar-refractivity contribution in [2.24, 2.45) is 5.92 Å². The Bertz CT molecular complexity index is 469. The zero-order chi connectivity index (χ0) is 13.0. The summed E-state index contributed by atoms with van der Waals surface area (Å²) in [4.78, 5) is 4.06. The van der Waals surface area contributed by atoms with E-state index < -0.39 is 10.0 Å². The third-order valence-corrected chi connectivity index (χ3v) is 4.87. The Hall–Kier alpha value is -0.980. The SMILES string of the molecule is CC(NS(=O)(=O)c1cccnc1)C1CCCNC1. The molecule has 5 nitrogen and oxygen atoms in total. The lowest BCUT2D eigenvalue weighted by Crippen LogP contribution is -2.44. The number of nitrogens with zero attached hydrogens (tertiary/aromatic N) is 1. The van der Waals surface area contributed by atoms with Gasteiger partial charge in [-0.2, -0.15) is 0 Å². The average Bonchev–Trinajstić information content (AvgIpc) is 2.40. The summed E-state index contributed by atoms with van der Waals surface area (Å²) in [5, 5.41) is 3.29. The lowest BCUT2D eigenvalue weighted by Gasteiger charge is -2.28. The molecule has 18 heavy (non-hydrogen) atoms. The van der Waals surface area contributed by atoms with E-state index in [-0.39, 0.29) is 10.9 Å². The van der Waals surface area contributed by atoms with Gasteiger partial charge in [-0.15, -0.1) is 0 Å². The van der Waals surface area contributed by atoms with Crippen molar-refractivity contribution >= 4 is 10.0 Å². The number of rotatable bonds is 4. The third kappa shape index (κ3) is 3.28. The van der Waals surface area contributed by atoms with E-state index >= 15 is 0 Å². The van der Waals surface area contributed by atoms with E-state index in [0.29, 0.717) is 5.92 Å². The summed E-state index contributed by atoms with van der Waals surface area (Å²) in [5.74, 6) is 0.352. The van der Waals surface area contributed by atoms with E-state index in [1.807, 2.05) is 6.92 Å². The highest BCUT2D eigenvalue weighted by atomic mass is 32.2. The first-order valence-electron chi connectivity index (χ1n) is 6.22. The molecule has 0 aromatic carbocycles. The molecule has 2 N–H and O–H groups in total. The molecule has 1 aromatic heterocycles. The fourth-order valence-electron chi connectivity index (χ4n) is 2.22. The Morgan fingerprint density at radius 1 is 1.56 bits per heavy atom. The maximum atomic E-state index is 12.1. The van der Waals surface area contributed by atoms with Crippen LogP contribution in [0.15, 0.2) is 29.4 Å². The van der Waals surface area contributed by atoms with E-state index in [9.17, 15) is 8.42 Å². The molecule has 1 aliphatic heterocycles. The highest BCUT2D eigenvalue weighted by Gasteiger charge is 2.24. The fraction of sp³-hybridized carbons (Fsp3) is 0.583. The molecule has 2 heterocycles. The van der Waals surface area contributed by atoms with Gasteiger partial charge in [0.2, 0.25) is 10.0 Å². The molecule has 0 bridgehead atoms. The predicted molar refractivity (Wildman–Crippen MR) is 69.6 cm³/mol. The lowest BCUT2D eigenvalue weighted by atomic mass is 9.94. The molecule has 1 aliphatic rings. The van der Waals surface area contributed by atoms with Gasteiger partial charge in [0.05, 0.1) is 0 Å². The van der Waals surface area contributed by atoms with Crippen LogP contribution in [0.2, 0.25) is 0 Å².